The molecule has 1 unspecified atom stereocenters. The van der Waals surface area contributed by atoms with E-state index in [-0.39, 0.29) is 30.0 Å². The van der Waals surface area contributed by atoms with Crippen LogP contribution >= 0.6 is 0 Å². The minimum Gasteiger partial charge on any atom is -1.00 e. The Bertz CT molecular complexity index is 400. The number of nitrogens with one attached hydrogen (secondary N) is 1. The minimum atomic E-state index is -4.27. The summed E-state index contributed by atoms with van der Waals surface area (Å²) in [4.78, 5) is 0. The molecule has 0 heterocycles. The van der Waals surface area contributed by atoms with Crippen molar-refractivity contribution in [3.8, 4) is 0 Å². The summed E-state index contributed by atoms with van der Waals surface area (Å²) in [5.41, 5.74) is 3.39. The second-order valence-electron chi connectivity index (χ2n) is 5.44. The minimum absolute atomic E-state index is 0. The third-order valence-corrected chi connectivity index (χ3v) is 2.40. The van der Waals surface area contributed by atoms with Crippen LogP contribution in [0.3, 0.4) is 0 Å². The van der Waals surface area contributed by atoms with Crippen LogP contribution in [0.1, 0.15) is 18.1 Å². The van der Waals surface area contributed by atoms with E-state index in [0.717, 1.165) is 6.07 Å². The highest BCUT2D eigenvalue weighted by atomic mass is 127. The fourth-order valence-corrected chi connectivity index (χ4v) is 1.93. The molecule has 0 aromatic heterocycles. The average Bonchev–Trinajstić information content (AvgIpc) is 2.13. The van der Waals surface area contributed by atoms with Gasteiger partial charge in [-0.05, 0) is 25.0 Å². The van der Waals surface area contributed by atoms with Crippen molar-refractivity contribution in [3.63, 3.8) is 0 Å². The molecule has 1 rings (SSSR count). The molecule has 0 aliphatic heterocycles. The van der Waals surface area contributed by atoms with Gasteiger partial charge in [0, 0.05) is 0 Å². The zero-order valence-corrected chi connectivity index (χ0v) is 13.7. The van der Waals surface area contributed by atoms with Crippen molar-refractivity contribution >= 4 is 0 Å². The van der Waals surface area contributed by atoms with E-state index in [4.69, 9.17) is 0 Å². The summed E-state index contributed by atoms with van der Waals surface area (Å²) < 4.78 is 38.2. The van der Waals surface area contributed by atoms with Crippen molar-refractivity contribution in [3.05, 3.63) is 35.4 Å². The molecule has 0 spiro atoms. The van der Waals surface area contributed by atoms with E-state index in [1.165, 1.54) is 12.1 Å². The SMILES string of the molecule is CC(Cc1cccc(C(F)(F)F)c1)N[N+](C)(C)C.[I-]. The fourth-order valence-electron chi connectivity index (χ4n) is 1.93. The Labute approximate surface area is 129 Å². The summed E-state index contributed by atoms with van der Waals surface area (Å²) in [5, 5.41) is 0. The van der Waals surface area contributed by atoms with Gasteiger partial charge in [-0.3, -0.25) is 4.59 Å². The molecule has 19 heavy (non-hydrogen) atoms. The van der Waals surface area contributed by atoms with Gasteiger partial charge in [0.25, 0.3) is 0 Å². The predicted octanol–water partition coefficient (Wildman–Crippen LogP) is -0.149. The summed E-state index contributed by atoms with van der Waals surface area (Å²) >= 11 is 0. The second-order valence-corrected chi connectivity index (χ2v) is 5.44. The zero-order valence-electron chi connectivity index (χ0n) is 11.6. The standard InChI is InChI=1S/C13H20F3N2.HI/c1-10(17-18(2,3)4)8-11-6-5-7-12(9-11)13(14,15)16;/h5-7,9-10,17H,8H2,1-4H3;1H/q+1;/p-1. The number of quaternary nitrogens is 1. The fraction of sp³-hybridized carbons (Fsp3) is 0.538. The molecule has 0 saturated heterocycles. The molecule has 0 radical (unpaired) electrons. The van der Waals surface area contributed by atoms with Crippen LogP contribution in [0.25, 0.3) is 0 Å². The molecule has 1 aromatic carbocycles. The normalized spacial score (nSPS) is 13.8. The van der Waals surface area contributed by atoms with Crippen molar-refractivity contribution in [2.45, 2.75) is 25.6 Å². The molecule has 0 fully saturated rings. The first-order valence-corrected chi connectivity index (χ1v) is 5.83. The average molecular weight is 388 g/mol. The number of hydrogen-bond donors (Lipinski definition) is 1. The monoisotopic (exact) mass is 388 g/mol. The van der Waals surface area contributed by atoms with Crippen molar-refractivity contribution in [2.24, 2.45) is 0 Å². The van der Waals surface area contributed by atoms with Gasteiger partial charge in [-0.1, -0.05) is 18.2 Å². The van der Waals surface area contributed by atoms with Crippen molar-refractivity contribution < 1.29 is 41.7 Å². The molecule has 0 amide bonds. The summed E-state index contributed by atoms with van der Waals surface area (Å²) in [7, 11) is 5.92. The molecule has 6 heteroatoms. The number of benzene rings is 1. The van der Waals surface area contributed by atoms with Crippen molar-refractivity contribution in [2.75, 3.05) is 21.1 Å². The molecule has 0 saturated carbocycles. The molecular formula is C13H20F3IN2. The summed E-state index contributed by atoms with van der Waals surface area (Å²) in [5.74, 6) is 0. The van der Waals surface area contributed by atoms with E-state index in [2.05, 4.69) is 5.43 Å². The van der Waals surface area contributed by atoms with E-state index >= 15 is 0 Å². The highest BCUT2D eigenvalue weighted by molar-refractivity contribution is 5.26. The summed E-state index contributed by atoms with van der Waals surface area (Å²) in [6.07, 6.45) is -3.70. The van der Waals surface area contributed by atoms with Gasteiger partial charge in [0.05, 0.1) is 32.7 Å². The molecule has 0 bridgehead atoms. The molecule has 1 aromatic rings. The Kier molecular flexibility index (Phi) is 6.77. The quantitative estimate of drug-likeness (QED) is 0.430. The topological polar surface area (TPSA) is 12.0 Å². The lowest BCUT2D eigenvalue weighted by molar-refractivity contribution is -0.918. The molecule has 0 aliphatic carbocycles. The first-order valence-electron chi connectivity index (χ1n) is 5.83. The van der Waals surface area contributed by atoms with Gasteiger partial charge in [-0.25, -0.2) is 0 Å². The van der Waals surface area contributed by atoms with Gasteiger partial charge in [-0.15, -0.1) is 0 Å². The lowest BCUT2D eigenvalue weighted by Crippen LogP contribution is -3.00. The van der Waals surface area contributed by atoms with Gasteiger partial charge < -0.3 is 24.0 Å². The molecule has 2 nitrogen and oxygen atoms in total. The number of rotatable bonds is 4. The van der Waals surface area contributed by atoms with Gasteiger partial charge in [-0.2, -0.15) is 18.6 Å². The molecule has 1 N–H and O–H groups in total. The second kappa shape index (κ2) is 6.90. The first kappa shape index (κ1) is 18.7. The Morgan fingerprint density at radius 2 is 1.79 bits per heavy atom. The van der Waals surface area contributed by atoms with Crippen LogP contribution in [0, 0.1) is 0 Å². The smallest absolute Gasteiger partial charge is 0.416 e. The maximum absolute atomic E-state index is 12.6. The van der Waals surface area contributed by atoms with Gasteiger partial charge in [0.15, 0.2) is 0 Å². The summed E-state index contributed by atoms with van der Waals surface area (Å²) in [6.45, 7) is 1.96. The predicted molar refractivity (Wildman–Crippen MR) is 65.8 cm³/mol. The number of hydrogen-bond acceptors (Lipinski definition) is 1. The van der Waals surface area contributed by atoms with Crippen LogP contribution < -0.4 is 29.4 Å². The van der Waals surface area contributed by atoms with Crippen LogP contribution in [0.15, 0.2) is 24.3 Å². The Morgan fingerprint density at radius 3 is 2.26 bits per heavy atom. The molecule has 110 valence electrons. The highest BCUT2D eigenvalue weighted by Crippen LogP contribution is 2.29. The lowest BCUT2D eigenvalue weighted by Gasteiger charge is -2.28. The van der Waals surface area contributed by atoms with Crippen LogP contribution in [0.5, 0.6) is 0 Å². The van der Waals surface area contributed by atoms with Crippen LogP contribution in [0.4, 0.5) is 13.2 Å². The maximum atomic E-state index is 12.6. The number of halogens is 4. The van der Waals surface area contributed by atoms with E-state index in [1.807, 2.05) is 28.1 Å². The summed E-state index contributed by atoms with van der Waals surface area (Å²) in [6, 6.07) is 5.60. The number of alkyl halides is 3. The number of nitrogens with zero attached hydrogens (tertiary/aromatic N) is 1. The Hall–Kier alpha value is -0.340. The zero-order chi connectivity index (χ0) is 14.0. The van der Waals surface area contributed by atoms with Gasteiger partial charge in [0.1, 0.15) is 0 Å². The third-order valence-electron chi connectivity index (χ3n) is 2.40. The Balaban J connectivity index is 0.00000324. The van der Waals surface area contributed by atoms with Crippen LogP contribution in [0.2, 0.25) is 0 Å². The molecule has 1 atom stereocenters. The van der Waals surface area contributed by atoms with Gasteiger partial charge >= 0.3 is 6.18 Å². The highest BCUT2D eigenvalue weighted by Gasteiger charge is 2.30. The van der Waals surface area contributed by atoms with E-state index in [0.29, 0.717) is 16.6 Å². The van der Waals surface area contributed by atoms with Crippen molar-refractivity contribution in [1.29, 1.82) is 0 Å². The van der Waals surface area contributed by atoms with Crippen LogP contribution in [-0.2, 0) is 12.6 Å². The largest absolute Gasteiger partial charge is 1.00 e. The van der Waals surface area contributed by atoms with Crippen molar-refractivity contribution in [1.82, 2.24) is 5.43 Å². The van der Waals surface area contributed by atoms with Crippen LogP contribution in [-0.4, -0.2) is 31.8 Å². The maximum Gasteiger partial charge on any atom is 0.416 e. The Morgan fingerprint density at radius 1 is 1.21 bits per heavy atom. The molecule has 0 aliphatic rings. The first-order chi connectivity index (χ1) is 8.08. The van der Waals surface area contributed by atoms with Gasteiger partial charge in [0.2, 0.25) is 0 Å². The van der Waals surface area contributed by atoms with E-state index in [1.54, 1.807) is 6.07 Å². The molecular weight excluding hydrogens is 368 g/mol. The van der Waals surface area contributed by atoms with E-state index < -0.39 is 11.7 Å². The lowest BCUT2D eigenvalue weighted by atomic mass is 10.0. The third kappa shape index (κ3) is 7.12. The van der Waals surface area contributed by atoms with E-state index in [9.17, 15) is 13.2 Å².